The molecule has 152 valence electrons. The maximum Gasteiger partial charge on any atom is 0.132 e. The van der Waals surface area contributed by atoms with Crippen LogP contribution in [0.5, 0.6) is 5.75 Å². The van der Waals surface area contributed by atoms with Crippen LogP contribution in [0.4, 0.5) is 4.39 Å². The first kappa shape index (κ1) is 18.7. The minimum absolute atomic E-state index is 0.309. The van der Waals surface area contributed by atoms with Crippen LogP contribution >= 0.6 is 0 Å². The first-order valence-electron chi connectivity index (χ1n) is 10.2. The Morgan fingerprint density at radius 1 is 1.13 bits per heavy atom. The van der Waals surface area contributed by atoms with Crippen molar-refractivity contribution >= 4 is 10.9 Å². The number of rotatable bonds is 5. The Hall–Kier alpha value is -3.32. The number of aromatic amines is 1. The molecule has 0 unspecified atom stereocenters. The van der Waals surface area contributed by atoms with Crippen molar-refractivity contribution in [3.05, 3.63) is 60.8 Å². The van der Waals surface area contributed by atoms with Crippen molar-refractivity contribution < 1.29 is 9.13 Å². The molecule has 0 spiro atoms. The lowest BCUT2D eigenvalue weighted by Crippen LogP contribution is -2.33. The lowest BCUT2D eigenvalue weighted by molar-refractivity contribution is 0.219. The largest absolute Gasteiger partial charge is 0.492 e. The summed E-state index contributed by atoms with van der Waals surface area (Å²) in [5.74, 6) is 0.936. The predicted molar refractivity (Wildman–Crippen MR) is 114 cm³/mol. The number of pyridine rings is 2. The smallest absolute Gasteiger partial charge is 0.132 e. The first-order valence-corrected chi connectivity index (χ1v) is 10.2. The standard InChI is InChI=1S/C23H22FN5O/c24-19-6-2-1-5-16(19)23-17-10-20(27-13-21(17)28-29-23)18-12-26-9-7-22(18)30-14-15-4-3-8-25-11-15/h1-2,5-7,9-10,12-13,15,25H,3-4,8,11,14H2,(H,28,29)/t15-/m0/s1. The lowest BCUT2D eigenvalue weighted by atomic mass is 10.0. The molecule has 4 heterocycles. The van der Waals surface area contributed by atoms with E-state index in [1.54, 1.807) is 36.8 Å². The van der Waals surface area contributed by atoms with Gasteiger partial charge in [-0.25, -0.2) is 4.39 Å². The third-order valence-corrected chi connectivity index (χ3v) is 5.51. The normalized spacial score (nSPS) is 16.6. The van der Waals surface area contributed by atoms with Gasteiger partial charge >= 0.3 is 0 Å². The van der Waals surface area contributed by atoms with E-state index in [-0.39, 0.29) is 5.82 Å². The Morgan fingerprint density at radius 2 is 2.07 bits per heavy atom. The molecule has 3 aromatic heterocycles. The molecular weight excluding hydrogens is 381 g/mol. The number of nitrogens with one attached hydrogen (secondary N) is 2. The van der Waals surface area contributed by atoms with Gasteiger partial charge in [-0.1, -0.05) is 12.1 Å². The van der Waals surface area contributed by atoms with E-state index in [4.69, 9.17) is 4.74 Å². The molecule has 1 saturated heterocycles. The molecule has 1 aliphatic heterocycles. The maximum atomic E-state index is 14.3. The quantitative estimate of drug-likeness (QED) is 0.522. The van der Waals surface area contributed by atoms with Crippen molar-refractivity contribution in [1.29, 1.82) is 0 Å². The van der Waals surface area contributed by atoms with Gasteiger partial charge in [0.25, 0.3) is 0 Å². The number of halogens is 1. The number of piperidine rings is 1. The van der Waals surface area contributed by atoms with Crippen molar-refractivity contribution in [3.8, 4) is 28.3 Å². The average Bonchev–Trinajstić information content (AvgIpc) is 3.22. The van der Waals surface area contributed by atoms with Gasteiger partial charge in [-0.05, 0) is 43.7 Å². The van der Waals surface area contributed by atoms with E-state index < -0.39 is 0 Å². The topological polar surface area (TPSA) is 75.7 Å². The van der Waals surface area contributed by atoms with Gasteiger partial charge in [0.15, 0.2) is 0 Å². The molecule has 1 atom stereocenters. The number of fused-ring (bicyclic) bond motifs is 1. The molecule has 4 aromatic rings. The SMILES string of the molecule is Fc1ccccc1-c1n[nH]c2cnc(-c3cnccc3OC[C@H]3CCCNC3)cc12. The Labute approximate surface area is 173 Å². The summed E-state index contributed by atoms with van der Waals surface area (Å²) >= 11 is 0. The van der Waals surface area contributed by atoms with Crippen LogP contribution in [-0.4, -0.2) is 39.9 Å². The molecule has 7 heteroatoms. The summed E-state index contributed by atoms with van der Waals surface area (Å²) in [5, 5.41) is 11.5. The highest BCUT2D eigenvalue weighted by molar-refractivity contribution is 5.94. The minimum atomic E-state index is -0.309. The fourth-order valence-corrected chi connectivity index (χ4v) is 3.90. The second-order valence-corrected chi connectivity index (χ2v) is 7.56. The Kier molecular flexibility index (Phi) is 5.11. The molecule has 2 N–H and O–H groups in total. The highest BCUT2D eigenvalue weighted by atomic mass is 19.1. The number of H-pyrrole nitrogens is 1. The lowest BCUT2D eigenvalue weighted by Gasteiger charge is -2.23. The summed E-state index contributed by atoms with van der Waals surface area (Å²) in [6, 6.07) is 10.4. The van der Waals surface area contributed by atoms with Crippen molar-refractivity contribution in [3.63, 3.8) is 0 Å². The number of hydrogen-bond acceptors (Lipinski definition) is 5. The van der Waals surface area contributed by atoms with Gasteiger partial charge in [-0.15, -0.1) is 0 Å². The molecule has 0 bridgehead atoms. The van der Waals surface area contributed by atoms with Gasteiger partial charge in [0, 0.05) is 35.8 Å². The average molecular weight is 403 g/mol. The highest BCUT2D eigenvalue weighted by Gasteiger charge is 2.17. The van der Waals surface area contributed by atoms with Gasteiger partial charge in [0.2, 0.25) is 0 Å². The zero-order valence-corrected chi connectivity index (χ0v) is 16.4. The number of nitrogens with zero attached hydrogens (tertiary/aromatic N) is 3. The van der Waals surface area contributed by atoms with Gasteiger partial charge in [0.1, 0.15) is 17.3 Å². The van der Waals surface area contributed by atoms with E-state index in [0.29, 0.717) is 29.5 Å². The zero-order chi connectivity index (χ0) is 20.3. The molecule has 0 aliphatic carbocycles. The van der Waals surface area contributed by atoms with Crippen molar-refractivity contribution in [1.82, 2.24) is 25.5 Å². The molecule has 0 radical (unpaired) electrons. The Balaban J connectivity index is 1.49. The molecule has 5 rings (SSSR count). The van der Waals surface area contributed by atoms with Crippen molar-refractivity contribution in [2.75, 3.05) is 19.7 Å². The summed E-state index contributed by atoms with van der Waals surface area (Å²) < 4.78 is 20.5. The fraction of sp³-hybridized carbons (Fsp3) is 0.261. The second-order valence-electron chi connectivity index (χ2n) is 7.56. The van der Waals surface area contributed by atoms with Crippen molar-refractivity contribution in [2.24, 2.45) is 5.92 Å². The Bertz CT molecular complexity index is 1170. The molecule has 0 saturated carbocycles. The summed E-state index contributed by atoms with van der Waals surface area (Å²) in [5.41, 5.74) is 3.28. The predicted octanol–water partition coefficient (Wildman–Crippen LogP) is 4.20. The molecule has 30 heavy (non-hydrogen) atoms. The van der Waals surface area contributed by atoms with Gasteiger partial charge in [0.05, 0.1) is 29.6 Å². The van der Waals surface area contributed by atoms with Crippen LogP contribution in [0.15, 0.2) is 55.0 Å². The highest BCUT2D eigenvalue weighted by Crippen LogP contribution is 2.33. The van der Waals surface area contributed by atoms with E-state index in [1.165, 1.54) is 18.9 Å². The van der Waals surface area contributed by atoms with Crippen molar-refractivity contribution in [2.45, 2.75) is 12.8 Å². The number of hydrogen-bond donors (Lipinski definition) is 2. The third kappa shape index (κ3) is 3.64. The molecule has 0 amide bonds. The fourth-order valence-electron chi connectivity index (χ4n) is 3.90. The zero-order valence-electron chi connectivity index (χ0n) is 16.4. The first-order chi connectivity index (χ1) is 14.8. The van der Waals surface area contributed by atoms with E-state index in [9.17, 15) is 4.39 Å². The van der Waals surface area contributed by atoms with Gasteiger partial charge in [-0.2, -0.15) is 5.10 Å². The van der Waals surface area contributed by atoms with E-state index >= 15 is 0 Å². The molecule has 6 nitrogen and oxygen atoms in total. The third-order valence-electron chi connectivity index (χ3n) is 5.51. The molecule has 1 aliphatic rings. The van der Waals surface area contributed by atoms with Gasteiger partial charge < -0.3 is 10.1 Å². The minimum Gasteiger partial charge on any atom is -0.492 e. The summed E-state index contributed by atoms with van der Waals surface area (Å²) in [4.78, 5) is 8.83. The van der Waals surface area contributed by atoms with Crippen LogP contribution in [-0.2, 0) is 0 Å². The maximum absolute atomic E-state index is 14.3. The van der Waals surface area contributed by atoms with E-state index in [2.05, 4.69) is 25.5 Å². The van der Waals surface area contributed by atoms with Crippen LogP contribution < -0.4 is 10.1 Å². The van der Waals surface area contributed by atoms with Crippen LogP contribution in [0.2, 0.25) is 0 Å². The van der Waals surface area contributed by atoms with E-state index in [0.717, 1.165) is 35.3 Å². The number of aromatic nitrogens is 4. The van der Waals surface area contributed by atoms with Gasteiger partial charge in [-0.3, -0.25) is 15.1 Å². The van der Waals surface area contributed by atoms with Crippen LogP contribution in [0.3, 0.4) is 0 Å². The summed E-state index contributed by atoms with van der Waals surface area (Å²) in [6.07, 6.45) is 7.53. The van der Waals surface area contributed by atoms with E-state index in [1.807, 2.05) is 12.1 Å². The summed E-state index contributed by atoms with van der Waals surface area (Å²) in [6.45, 7) is 2.71. The number of ether oxygens (including phenoxy) is 1. The van der Waals surface area contributed by atoms with Crippen LogP contribution in [0.1, 0.15) is 12.8 Å². The monoisotopic (exact) mass is 403 g/mol. The molecule has 1 fully saturated rings. The van der Waals surface area contributed by atoms with Crippen LogP contribution in [0, 0.1) is 11.7 Å². The number of benzene rings is 1. The molecule has 1 aromatic carbocycles. The second kappa shape index (κ2) is 8.20. The summed E-state index contributed by atoms with van der Waals surface area (Å²) in [7, 11) is 0. The Morgan fingerprint density at radius 3 is 2.93 bits per heavy atom. The van der Waals surface area contributed by atoms with Crippen LogP contribution in [0.25, 0.3) is 33.4 Å². The molecular formula is C23H22FN5O.